The van der Waals surface area contributed by atoms with Gasteiger partial charge in [0.2, 0.25) is 0 Å². The fraction of sp³-hybridized carbons (Fsp3) is 0.462. The van der Waals surface area contributed by atoms with Crippen molar-refractivity contribution in [3.63, 3.8) is 0 Å². The smallest absolute Gasteiger partial charge is 0.318 e. The molecule has 2 fully saturated rings. The average molecular weight is 231 g/mol. The number of urea groups is 1. The molecule has 0 bridgehead atoms. The molecule has 2 amide bonds. The molecule has 3 rings (SSSR count). The van der Waals surface area contributed by atoms with Crippen LogP contribution >= 0.6 is 0 Å². The Hall–Kier alpha value is -1.55. The second-order valence-electron chi connectivity index (χ2n) is 4.61. The highest BCUT2D eigenvalue weighted by molar-refractivity contribution is 5.94. The van der Waals surface area contributed by atoms with Crippen LogP contribution in [0.3, 0.4) is 0 Å². The van der Waals surface area contributed by atoms with Crippen molar-refractivity contribution in [1.29, 1.82) is 0 Å². The molecular weight excluding hydrogens is 214 g/mol. The summed E-state index contributed by atoms with van der Waals surface area (Å²) in [5, 5.41) is 3.31. The Morgan fingerprint density at radius 1 is 1.18 bits per heavy atom. The summed E-state index contributed by atoms with van der Waals surface area (Å²) in [6.07, 6.45) is 1.08. The van der Waals surface area contributed by atoms with E-state index in [0.29, 0.717) is 6.04 Å². The third-order valence-electron chi connectivity index (χ3n) is 3.58. The first-order valence-corrected chi connectivity index (χ1v) is 6.20. The fourth-order valence-corrected chi connectivity index (χ4v) is 2.65. The van der Waals surface area contributed by atoms with Crippen LogP contribution in [0.1, 0.15) is 6.42 Å². The first-order valence-electron chi connectivity index (χ1n) is 6.20. The van der Waals surface area contributed by atoms with Gasteiger partial charge in [0.25, 0.3) is 0 Å². The van der Waals surface area contributed by atoms with E-state index in [4.69, 9.17) is 0 Å². The Kier molecular flexibility index (Phi) is 2.73. The van der Waals surface area contributed by atoms with Crippen LogP contribution < -0.4 is 10.2 Å². The van der Waals surface area contributed by atoms with Crippen LogP contribution in [0.15, 0.2) is 30.3 Å². The maximum Gasteiger partial charge on any atom is 0.324 e. The maximum atomic E-state index is 12.3. The van der Waals surface area contributed by atoms with Gasteiger partial charge in [0.15, 0.2) is 0 Å². The Morgan fingerprint density at radius 2 is 2.00 bits per heavy atom. The normalized spacial score (nSPS) is 24.7. The Balaban J connectivity index is 1.76. The summed E-state index contributed by atoms with van der Waals surface area (Å²) in [5.41, 5.74) is 1.01. The van der Waals surface area contributed by atoms with Gasteiger partial charge in [-0.25, -0.2) is 4.79 Å². The molecule has 90 valence electrons. The number of nitrogens with one attached hydrogen (secondary N) is 1. The zero-order valence-electron chi connectivity index (χ0n) is 9.80. The van der Waals surface area contributed by atoms with E-state index in [9.17, 15) is 4.79 Å². The molecule has 1 unspecified atom stereocenters. The lowest BCUT2D eigenvalue weighted by molar-refractivity contribution is 0.205. The molecule has 1 N–H and O–H groups in total. The van der Waals surface area contributed by atoms with E-state index < -0.39 is 0 Å². The quantitative estimate of drug-likeness (QED) is 0.832. The van der Waals surface area contributed by atoms with Gasteiger partial charge in [0, 0.05) is 31.4 Å². The standard InChI is InChI=1S/C13H17N3O/c17-13-15(11-4-2-1-3-5-11)8-9-16(13)12-6-7-14-10-12/h1-5,12,14H,6-10H2. The number of carbonyl (C=O) groups excluding carboxylic acids is 1. The highest BCUT2D eigenvalue weighted by atomic mass is 16.2. The Bertz CT molecular complexity index is 400. The minimum absolute atomic E-state index is 0.157. The fourth-order valence-electron chi connectivity index (χ4n) is 2.65. The molecule has 0 aliphatic carbocycles. The number of hydrogen-bond donors (Lipinski definition) is 1. The highest BCUT2D eigenvalue weighted by Gasteiger charge is 2.35. The number of anilines is 1. The predicted molar refractivity (Wildman–Crippen MR) is 67.2 cm³/mol. The van der Waals surface area contributed by atoms with Crippen molar-refractivity contribution in [2.45, 2.75) is 12.5 Å². The van der Waals surface area contributed by atoms with E-state index in [2.05, 4.69) is 5.32 Å². The van der Waals surface area contributed by atoms with Crippen molar-refractivity contribution < 1.29 is 4.79 Å². The van der Waals surface area contributed by atoms with Gasteiger partial charge in [0.05, 0.1) is 0 Å². The van der Waals surface area contributed by atoms with Crippen LogP contribution in [0.5, 0.6) is 0 Å². The topological polar surface area (TPSA) is 35.6 Å². The largest absolute Gasteiger partial charge is 0.324 e. The summed E-state index contributed by atoms with van der Waals surface area (Å²) in [7, 11) is 0. The van der Waals surface area contributed by atoms with Gasteiger partial charge in [-0.3, -0.25) is 4.90 Å². The lowest BCUT2D eigenvalue weighted by Crippen LogP contribution is -2.40. The van der Waals surface area contributed by atoms with E-state index in [1.54, 1.807) is 0 Å². The minimum Gasteiger partial charge on any atom is -0.318 e. The molecule has 0 saturated carbocycles. The third kappa shape index (κ3) is 1.89. The van der Waals surface area contributed by atoms with Crippen LogP contribution in [0.25, 0.3) is 0 Å². The van der Waals surface area contributed by atoms with Crippen LogP contribution in [0, 0.1) is 0 Å². The molecule has 4 nitrogen and oxygen atoms in total. The van der Waals surface area contributed by atoms with E-state index in [1.807, 2.05) is 40.1 Å². The monoisotopic (exact) mass is 231 g/mol. The summed E-state index contributed by atoms with van der Waals surface area (Å²) in [6.45, 7) is 3.62. The SMILES string of the molecule is O=C1N(c2ccccc2)CCN1C1CCNC1. The average Bonchev–Trinajstić information content (AvgIpc) is 2.99. The molecule has 1 atom stereocenters. The van der Waals surface area contributed by atoms with Gasteiger partial charge >= 0.3 is 6.03 Å². The first-order chi connectivity index (χ1) is 8.36. The van der Waals surface area contributed by atoms with E-state index in [0.717, 1.165) is 38.3 Å². The number of rotatable bonds is 2. The summed E-state index contributed by atoms with van der Waals surface area (Å²) in [5.74, 6) is 0. The van der Waals surface area contributed by atoms with Gasteiger partial charge in [0.1, 0.15) is 0 Å². The van der Waals surface area contributed by atoms with Crippen molar-refractivity contribution in [2.75, 3.05) is 31.1 Å². The minimum atomic E-state index is 0.157. The number of hydrogen-bond acceptors (Lipinski definition) is 2. The molecule has 0 spiro atoms. The Morgan fingerprint density at radius 3 is 2.71 bits per heavy atom. The lowest BCUT2D eigenvalue weighted by Gasteiger charge is -2.23. The van der Waals surface area contributed by atoms with Crippen molar-refractivity contribution in [2.24, 2.45) is 0 Å². The summed E-state index contributed by atoms with van der Waals surface area (Å²) >= 11 is 0. The molecule has 2 aliphatic heterocycles. The van der Waals surface area contributed by atoms with Gasteiger partial charge in [-0.15, -0.1) is 0 Å². The van der Waals surface area contributed by atoms with Crippen LogP contribution in [0.4, 0.5) is 10.5 Å². The molecular formula is C13H17N3O. The first kappa shape index (κ1) is 10.6. The van der Waals surface area contributed by atoms with E-state index in [-0.39, 0.29) is 6.03 Å². The number of benzene rings is 1. The van der Waals surface area contributed by atoms with Crippen LogP contribution in [-0.4, -0.2) is 43.2 Å². The maximum absolute atomic E-state index is 12.3. The van der Waals surface area contributed by atoms with Gasteiger partial charge in [-0.05, 0) is 25.1 Å². The molecule has 1 aromatic rings. The molecule has 0 aromatic heterocycles. The zero-order valence-corrected chi connectivity index (χ0v) is 9.80. The molecule has 4 heteroatoms. The molecule has 2 aliphatic rings. The van der Waals surface area contributed by atoms with Crippen LogP contribution in [-0.2, 0) is 0 Å². The number of para-hydroxylation sites is 1. The molecule has 2 heterocycles. The van der Waals surface area contributed by atoms with E-state index in [1.165, 1.54) is 0 Å². The second-order valence-corrected chi connectivity index (χ2v) is 4.61. The molecule has 1 aromatic carbocycles. The van der Waals surface area contributed by atoms with Gasteiger partial charge in [-0.2, -0.15) is 0 Å². The van der Waals surface area contributed by atoms with Crippen molar-refractivity contribution >= 4 is 11.7 Å². The van der Waals surface area contributed by atoms with Gasteiger partial charge < -0.3 is 10.2 Å². The van der Waals surface area contributed by atoms with E-state index >= 15 is 0 Å². The van der Waals surface area contributed by atoms with Crippen molar-refractivity contribution in [1.82, 2.24) is 10.2 Å². The highest BCUT2D eigenvalue weighted by Crippen LogP contribution is 2.22. The summed E-state index contributed by atoms with van der Waals surface area (Å²) < 4.78 is 0. The number of nitrogens with zero attached hydrogens (tertiary/aromatic N) is 2. The molecule has 2 saturated heterocycles. The summed E-state index contributed by atoms with van der Waals surface area (Å²) in [4.78, 5) is 16.2. The van der Waals surface area contributed by atoms with Crippen molar-refractivity contribution in [3.8, 4) is 0 Å². The molecule has 0 radical (unpaired) electrons. The number of carbonyl (C=O) groups is 1. The van der Waals surface area contributed by atoms with Crippen LogP contribution in [0.2, 0.25) is 0 Å². The predicted octanol–water partition coefficient (Wildman–Crippen LogP) is 1.29. The summed E-state index contributed by atoms with van der Waals surface area (Å²) in [6, 6.07) is 10.5. The number of amides is 2. The zero-order chi connectivity index (χ0) is 11.7. The van der Waals surface area contributed by atoms with Gasteiger partial charge in [-0.1, -0.05) is 18.2 Å². The second kappa shape index (κ2) is 4.37. The Labute approximate surface area is 101 Å². The molecule has 17 heavy (non-hydrogen) atoms. The third-order valence-corrected chi connectivity index (χ3v) is 3.58. The van der Waals surface area contributed by atoms with Crippen molar-refractivity contribution in [3.05, 3.63) is 30.3 Å². The lowest BCUT2D eigenvalue weighted by atomic mass is 10.2.